The quantitative estimate of drug-likeness (QED) is 0.821. The average molecular weight is 265 g/mol. The highest BCUT2D eigenvalue weighted by molar-refractivity contribution is 7.92. The molecule has 2 fully saturated rings. The number of rotatable bonds is 2. The lowest BCUT2D eigenvalue weighted by atomic mass is 10.0. The van der Waals surface area contributed by atoms with E-state index in [1.165, 1.54) is 6.42 Å². The van der Waals surface area contributed by atoms with Gasteiger partial charge in [-0.25, -0.2) is 8.42 Å². The van der Waals surface area contributed by atoms with Crippen molar-refractivity contribution in [2.24, 2.45) is 0 Å². The number of hydrogen-bond donors (Lipinski definition) is 0. The Hall–Kier alpha value is -0.870. The number of sulfone groups is 1. The van der Waals surface area contributed by atoms with Crippen molar-refractivity contribution in [3.05, 3.63) is 30.3 Å². The van der Waals surface area contributed by atoms with E-state index in [-0.39, 0.29) is 11.3 Å². The van der Waals surface area contributed by atoms with Crippen molar-refractivity contribution in [1.82, 2.24) is 4.90 Å². The largest absolute Gasteiger partial charge is 0.299 e. The lowest BCUT2D eigenvalue weighted by molar-refractivity contribution is 0.179. The molecule has 0 spiro atoms. The van der Waals surface area contributed by atoms with Gasteiger partial charge in [0, 0.05) is 12.1 Å². The minimum atomic E-state index is -3.17. The van der Waals surface area contributed by atoms with Gasteiger partial charge >= 0.3 is 0 Å². The summed E-state index contributed by atoms with van der Waals surface area (Å²) in [5, 5.41) is -0.211. The summed E-state index contributed by atoms with van der Waals surface area (Å²) < 4.78 is 25.4. The topological polar surface area (TPSA) is 37.4 Å². The maximum atomic E-state index is 12.7. The Morgan fingerprint density at radius 3 is 2.56 bits per heavy atom. The molecule has 1 aromatic rings. The van der Waals surface area contributed by atoms with Gasteiger partial charge in [-0.15, -0.1) is 0 Å². The summed E-state index contributed by atoms with van der Waals surface area (Å²) in [5.74, 6) is 0. The van der Waals surface area contributed by atoms with Crippen LogP contribution in [0, 0.1) is 0 Å². The first-order valence-electron chi connectivity index (χ1n) is 6.61. The molecule has 2 heterocycles. The SMILES string of the molecule is CN1[C@H]2CCC[C@@H]1[C@@H](S(=O)(=O)c1ccccc1)C2. The molecule has 98 valence electrons. The van der Waals surface area contributed by atoms with Gasteiger partial charge in [-0.2, -0.15) is 0 Å². The highest BCUT2D eigenvalue weighted by Crippen LogP contribution is 2.39. The third-order valence-corrected chi connectivity index (χ3v) is 6.77. The van der Waals surface area contributed by atoms with Crippen molar-refractivity contribution >= 4 is 9.84 Å². The number of hydrogen-bond acceptors (Lipinski definition) is 3. The fourth-order valence-electron chi connectivity index (χ4n) is 3.52. The van der Waals surface area contributed by atoms with Crippen molar-refractivity contribution < 1.29 is 8.42 Å². The highest BCUT2D eigenvalue weighted by atomic mass is 32.2. The zero-order valence-corrected chi connectivity index (χ0v) is 11.4. The van der Waals surface area contributed by atoms with Crippen molar-refractivity contribution in [3.8, 4) is 0 Å². The third-order valence-electron chi connectivity index (χ3n) is 4.54. The fraction of sp³-hybridized carbons (Fsp3) is 0.571. The Bertz CT molecular complexity index is 526. The Morgan fingerprint density at radius 2 is 1.89 bits per heavy atom. The minimum absolute atomic E-state index is 0.211. The number of piperidine rings is 1. The van der Waals surface area contributed by atoms with Crippen LogP contribution in [0.15, 0.2) is 35.2 Å². The molecule has 0 aromatic heterocycles. The second kappa shape index (κ2) is 4.35. The van der Waals surface area contributed by atoms with Gasteiger partial charge in [-0.05, 0) is 38.4 Å². The summed E-state index contributed by atoms with van der Waals surface area (Å²) in [7, 11) is -1.09. The van der Waals surface area contributed by atoms with E-state index in [1.807, 2.05) is 6.07 Å². The molecule has 18 heavy (non-hydrogen) atoms. The van der Waals surface area contributed by atoms with Crippen LogP contribution in [0.25, 0.3) is 0 Å². The zero-order chi connectivity index (χ0) is 12.8. The number of nitrogens with zero attached hydrogens (tertiary/aromatic N) is 1. The Morgan fingerprint density at radius 1 is 1.17 bits per heavy atom. The van der Waals surface area contributed by atoms with E-state index in [0.29, 0.717) is 10.9 Å². The standard InChI is InChI=1S/C14H19NO2S/c1-15-11-6-5-9-13(15)14(10-11)18(16,17)12-7-3-2-4-8-12/h2-4,7-8,11,13-14H,5-6,9-10H2,1H3/t11-,13+,14-/m0/s1. The predicted molar refractivity (Wildman–Crippen MR) is 71.2 cm³/mol. The fourth-order valence-corrected chi connectivity index (χ4v) is 5.62. The van der Waals surface area contributed by atoms with Gasteiger partial charge in [0.2, 0.25) is 0 Å². The maximum absolute atomic E-state index is 12.7. The van der Waals surface area contributed by atoms with Gasteiger partial charge in [-0.3, -0.25) is 4.90 Å². The van der Waals surface area contributed by atoms with Crippen molar-refractivity contribution in [2.45, 2.75) is 47.9 Å². The van der Waals surface area contributed by atoms with Crippen LogP contribution in [0.2, 0.25) is 0 Å². The normalized spacial score (nSPS) is 32.6. The Balaban J connectivity index is 1.96. The van der Waals surface area contributed by atoms with Crippen LogP contribution in [-0.2, 0) is 9.84 Å². The molecule has 3 nitrogen and oxygen atoms in total. The van der Waals surface area contributed by atoms with Crippen LogP contribution in [0.5, 0.6) is 0 Å². The summed E-state index contributed by atoms with van der Waals surface area (Å²) in [6.07, 6.45) is 4.14. The molecule has 2 saturated heterocycles. The van der Waals surface area contributed by atoms with Gasteiger partial charge in [-0.1, -0.05) is 24.6 Å². The van der Waals surface area contributed by atoms with Crippen LogP contribution >= 0.6 is 0 Å². The number of benzene rings is 1. The van der Waals surface area contributed by atoms with Crippen LogP contribution in [0.4, 0.5) is 0 Å². The van der Waals surface area contributed by atoms with Gasteiger partial charge < -0.3 is 0 Å². The van der Waals surface area contributed by atoms with E-state index in [1.54, 1.807) is 24.3 Å². The van der Waals surface area contributed by atoms with E-state index in [9.17, 15) is 8.42 Å². The van der Waals surface area contributed by atoms with Gasteiger partial charge in [0.1, 0.15) is 0 Å². The van der Waals surface area contributed by atoms with E-state index in [2.05, 4.69) is 11.9 Å². The Kier molecular flexibility index (Phi) is 2.94. The lowest BCUT2D eigenvalue weighted by Crippen LogP contribution is -2.40. The monoisotopic (exact) mass is 265 g/mol. The van der Waals surface area contributed by atoms with Crippen LogP contribution in [-0.4, -0.2) is 37.7 Å². The molecular formula is C14H19NO2S. The van der Waals surface area contributed by atoms with Crippen molar-refractivity contribution in [2.75, 3.05) is 7.05 Å². The molecule has 3 atom stereocenters. The molecule has 2 aliphatic rings. The highest BCUT2D eigenvalue weighted by Gasteiger charge is 2.47. The summed E-state index contributed by atoms with van der Waals surface area (Å²) in [5.41, 5.74) is 0. The molecule has 2 aliphatic heterocycles. The van der Waals surface area contributed by atoms with Gasteiger partial charge in [0.25, 0.3) is 0 Å². The summed E-state index contributed by atoms with van der Waals surface area (Å²) in [6.45, 7) is 0. The molecule has 0 radical (unpaired) electrons. The summed E-state index contributed by atoms with van der Waals surface area (Å²) >= 11 is 0. The van der Waals surface area contributed by atoms with Crippen LogP contribution in [0.3, 0.4) is 0 Å². The first kappa shape index (κ1) is 12.2. The van der Waals surface area contributed by atoms with E-state index < -0.39 is 9.84 Å². The molecule has 1 aromatic carbocycles. The minimum Gasteiger partial charge on any atom is -0.299 e. The smallest absolute Gasteiger partial charge is 0.182 e. The first-order valence-corrected chi connectivity index (χ1v) is 8.16. The second-order valence-electron chi connectivity index (χ2n) is 5.45. The second-order valence-corrected chi connectivity index (χ2v) is 7.62. The molecule has 0 aliphatic carbocycles. The molecule has 0 N–H and O–H groups in total. The molecule has 3 rings (SSSR count). The summed E-state index contributed by atoms with van der Waals surface area (Å²) in [6, 6.07) is 9.59. The first-order chi connectivity index (χ1) is 8.60. The van der Waals surface area contributed by atoms with E-state index >= 15 is 0 Å². The van der Waals surface area contributed by atoms with Gasteiger partial charge in [0.15, 0.2) is 9.84 Å². The molecule has 0 saturated carbocycles. The predicted octanol–water partition coefficient (Wildman–Crippen LogP) is 2.09. The van der Waals surface area contributed by atoms with Crippen molar-refractivity contribution in [1.29, 1.82) is 0 Å². The van der Waals surface area contributed by atoms with E-state index in [0.717, 1.165) is 19.3 Å². The van der Waals surface area contributed by atoms with E-state index in [4.69, 9.17) is 0 Å². The van der Waals surface area contributed by atoms with Crippen molar-refractivity contribution in [3.63, 3.8) is 0 Å². The molecule has 0 unspecified atom stereocenters. The molecule has 2 bridgehead atoms. The summed E-state index contributed by atoms with van der Waals surface area (Å²) in [4.78, 5) is 2.77. The Labute approximate surface area is 109 Å². The average Bonchev–Trinajstić information content (AvgIpc) is 2.59. The molecular weight excluding hydrogens is 246 g/mol. The van der Waals surface area contributed by atoms with Crippen LogP contribution < -0.4 is 0 Å². The van der Waals surface area contributed by atoms with Gasteiger partial charge in [0.05, 0.1) is 10.1 Å². The number of fused-ring (bicyclic) bond motifs is 2. The maximum Gasteiger partial charge on any atom is 0.182 e. The zero-order valence-electron chi connectivity index (χ0n) is 10.6. The third kappa shape index (κ3) is 1.79. The lowest BCUT2D eigenvalue weighted by Gasteiger charge is -2.31. The molecule has 0 amide bonds. The van der Waals surface area contributed by atoms with Crippen LogP contribution in [0.1, 0.15) is 25.7 Å². The molecule has 4 heteroatoms.